The number of aliphatic hydroxyl groups excluding tert-OH is 1. The number of amides is 1. The largest absolute Gasteiger partial charge is 0.493 e. The van der Waals surface area contributed by atoms with E-state index in [0.717, 1.165) is 17.7 Å². The van der Waals surface area contributed by atoms with Crippen molar-refractivity contribution in [3.8, 4) is 5.75 Å². The molecule has 0 fully saturated rings. The van der Waals surface area contributed by atoms with Crippen LogP contribution in [0.1, 0.15) is 27.6 Å². The first-order chi connectivity index (χ1) is 11.5. The molecule has 0 saturated carbocycles. The zero-order valence-corrected chi connectivity index (χ0v) is 12.8. The van der Waals surface area contributed by atoms with Gasteiger partial charge in [0.2, 0.25) is 0 Å². The first-order valence-electron chi connectivity index (χ1n) is 7.51. The highest BCUT2D eigenvalue weighted by atomic mass is 16.6. The molecule has 124 valence electrons. The lowest BCUT2D eigenvalue weighted by Crippen LogP contribution is -2.28. The van der Waals surface area contributed by atoms with Crippen molar-refractivity contribution in [3.05, 3.63) is 69.3 Å². The van der Waals surface area contributed by atoms with Crippen LogP contribution in [-0.2, 0) is 6.42 Å². The van der Waals surface area contributed by atoms with Gasteiger partial charge in [0.15, 0.2) is 0 Å². The molecular formula is C17H16N2O5. The van der Waals surface area contributed by atoms with Crippen LogP contribution < -0.4 is 10.1 Å². The molecule has 0 bridgehead atoms. The number of aliphatic hydroxyl groups is 1. The Morgan fingerprint density at radius 1 is 1.33 bits per heavy atom. The number of fused-ring (bicyclic) bond motifs is 1. The summed E-state index contributed by atoms with van der Waals surface area (Å²) in [7, 11) is 0. The van der Waals surface area contributed by atoms with E-state index < -0.39 is 16.9 Å². The van der Waals surface area contributed by atoms with E-state index in [0.29, 0.717) is 12.2 Å². The van der Waals surface area contributed by atoms with Crippen molar-refractivity contribution in [1.82, 2.24) is 5.32 Å². The van der Waals surface area contributed by atoms with E-state index in [4.69, 9.17) is 4.74 Å². The lowest BCUT2D eigenvalue weighted by molar-refractivity contribution is -0.384. The fourth-order valence-corrected chi connectivity index (χ4v) is 2.58. The molecule has 1 aliphatic rings. The van der Waals surface area contributed by atoms with Gasteiger partial charge in [-0.25, -0.2) is 0 Å². The smallest absolute Gasteiger partial charge is 0.270 e. The average Bonchev–Trinajstić information content (AvgIpc) is 3.07. The van der Waals surface area contributed by atoms with Gasteiger partial charge in [-0.05, 0) is 29.3 Å². The average molecular weight is 328 g/mol. The second-order valence-corrected chi connectivity index (χ2v) is 5.50. The van der Waals surface area contributed by atoms with Crippen LogP contribution in [0.25, 0.3) is 0 Å². The summed E-state index contributed by atoms with van der Waals surface area (Å²) in [6, 6.07) is 10.9. The van der Waals surface area contributed by atoms with Crippen LogP contribution in [0, 0.1) is 10.1 Å². The Kier molecular flexibility index (Phi) is 4.43. The zero-order chi connectivity index (χ0) is 17.1. The van der Waals surface area contributed by atoms with Crippen molar-refractivity contribution in [2.75, 3.05) is 13.2 Å². The number of hydrogen-bond donors (Lipinski definition) is 2. The molecule has 1 atom stereocenters. The molecular weight excluding hydrogens is 312 g/mol. The molecule has 1 amide bonds. The number of nitrogens with one attached hydrogen (secondary N) is 1. The molecule has 7 nitrogen and oxygen atoms in total. The third-order valence-electron chi connectivity index (χ3n) is 3.87. The number of benzene rings is 2. The molecule has 3 rings (SSSR count). The SMILES string of the molecule is O=C(NCC(O)c1ccc2c(c1)CCO2)c1cccc([N+](=O)[O-])c1. The Morgan fingerprint density at radius 3 is 2.96 bits per heavy atom. The van der Waals surface area contributed by atoms with Gasteiger partial charge in [0.05, 0.1) is 17.6 Å². The lowest BCUT2D eigenvalue weighted by Gasteiger charge is -2.13. The third kappa shape index (κ3) is 3.36. The van der Waals surface area contributed by atoms with Crippen molar-refractivity contribution < 1.29 is 19.6 Å². The fraction of sp³-hybridized carbons (Fsp3) is 0.235. The number of ether oxygens (including phenoxy) is 1. The number of nitrogens with zero attached hydrogens (tertiary/aromatic N) is 1. The Balaban J connectivity index is 1.63. The highest BCUT2D eigenvalue weighted by Crippen LogP contribution is 2.28. The molecule has 0 saturated heterocycles. The van der Waals surface area contributed by atoms with Gasteiger partial charge < -0.3 is 15.2 Å². The van der Waals surface area contributed by atoms with E-state index in [1.54, 1.807) is 6.07 Å². The highest BCUT2D eigenvalue weighted by Gasteiger charge is 2.17. The topological polar surface area (TPSA) is 102 Å². The molecule has 2 N–H and O–H groups in total. The first-order valence-corrected chi connectivity index (χ1v) is 7.51. The first kappa shape index (κ1) is 15.9. The predicted octanol–water partition coefficient (Wildman–Crippen LogP) is 1.99. The molecule has 2 aromatic carbocycles. The molecule has 0 radical (unpaired) electrons. The molecule has 0 aliphatic carbocycles. The van der Waals surface area contributed by atoms with Gasteiger partial charge in [-0.1, -0.05) is 12.1 Å². The van der Waals surface area contributed by atoms with Crippen LogP contribution in [0.4, 0.5) is 5.69 Å². The quantitative estimate of drug-likeness (QED) is 0.645. The summed E-state index contributed by atoms with van der Waals surface area (Å²) in [6.07, 6.45) is -0.0609. The summed E-state index contributed by atoms with van der Waals surface area (Å²) in [5, 5.41) is 23.6. The predicted molar refractivity (Wildman–Crippen MR) is 86.0 cm³/mol. The minimum absolute atomic E-state index is 0.0150. The molecule has 1 heterocycles. The molecule has 2 aromatic rings. The maximum absolute atomic E-state index is 12.1. The van der Waals surface area contributed by atoms with Gasteiger partial charge in [-0.2, -0.15) is 0 Å². The summed E-state index contributed by atoms with van der Waals surface area (Å²) in [5.41, 5.74) is 1.76. The van der Waals surface area contributed by atoms with Gasteiger partial charge >= 0.3 is 0 Å². The maximum Gasteiger partial charge on any atom is 0.270 e. The number of carbonyl (C=O) groups is 1. The van der Waals surface area contributed by atoms with E-state index in [-0.39, 0.29) is 17.8 Å². The van der Waals surface area contributed by atoms with Crippen LogP contribution in [0.3, 0.4) is 0 Å². The highest BCUT2D eigenvalue weighted by molar-refractivity contribution is 5.94. The van der Waals surface area contributed by atoms with E-state index >= 15 is 0 Å². The second kappa shape index (κ2) is 6.67. The van der Waals surface area contributed by atoms with Crippen LogP contribution in [0.5, 0.6) is 5.75 Å². The molecule has 7 heteroatoms. The van der Waals surface area contributed by atoms with Crippen LogP contribution in [0.2, 0.25) is 0 Å². The number of rotatable bonds is 5. The zero-order valence-electron chi connectivity index (χ0n) is 12.8. The molecule has 0 aromatic heterocycles. The summed E-state index contributed by atoms with van der Waals surface area (Å²) < 4.78 is 5.41. The number of nitro groups is 1. The Labute approximate surface area is 138 Å². The van der Waals surface area contributed by atoms with Crippen LogP contribution in [0.15, 0.2) is 42.5 Å². The summed E-state index contributed by atoms with van der Waals surface area (Å²) in [4.78, 5) is 22.3. The van der Waals surface area contributed by atoms with Gasteiger partial charge in [0.1, 0.15) is 5.75 Å². The van der Waals surface area contributed by atoms with Crippen LogP contribution >= 0.6 is 0 Å². The minimum atomic E-state index is -0.862. The van der Waals surface area contributed by atoms with Crippen LogP contribution in [-0.4, -0.2) is 29.1 Å². The maximum atomic E-state index is 12.1. The number of carbonyl (C=O) groups excluding carboxylic acids is 1. The van der Waals surface area contributed by atoms with Gasteiger partial charge in [0.25, 0.3) is 11.6 Å². The van der Waals surface area contributed by atoms with E-state index in [2.05, 4.69) is 5.32 Å². The number of nitro benzene ring substituents is 1. The van der Waals surface area contributed by atoms with Crippen molar-refractivity contribution in [1.29, 1.82) is 0 Å². The summed E-state index contributed by atoms with van der Waals surface area (Å²) >= 11 is 0. The van der Waals surface area contributed by atoms with Gasteiger partial charge in [-0.15, -0.1) is 0 Å². The van der Waals surface area contributed by atoms with Crippen molar-refractivity contribution in [2.24, 2.45) is 0 Å². The normalized spacial score (nSPS) is 13.7. The Hall–Kier alpha value is -2.93. The third-order valence-corrected chi connectivity index (χ3v) is 3.87. The monoisotopic (exact) mass is 328 g/mol. The van der Waals surface area contributed by atoms with E-state index in [1.807, 2.05) is 12.1 Å². The minimum Gasteiger partial charge on any atom is -0.493 e. The van der Waals surface area contributed by atoms with Gasteiger partial charge in [-0.3, -0.25) is 14.9 Å². The molecule has 1 unspecified atom stereocenters. The number of hydrogen-bond acceptors (Lipinski definition) is 5. The van der Waals surface area contributed by atoms with Crippen molar-refractivity contribution in [2.45, 2.75) is 12.5 Å². The second-order valence-electron chi connectivity index (χ2n) is 5.50. The molecule has 24 heavy (non-hydrogen) atoms. The van der Waals surface area contributed by atoms with E-state index in [1.165, 1.54) is 24.3 Å². The number of non-ortho nitro benzene ring substituents is 1. The van der Waals surface area contributed by atoms with E-state index in [9.17, 15) is 20.0 Å². The standard InChI is InChI=1S/C17H16N2O5/c20-15(11-4-5-16-12(8-11)6-7-24-16)10-18-17(21)13-2-1-3-14(9-13)19(22)23/h1-5,8-9,15,20H,6-7,10H2,(H,18,21). The lowest BCUT2D eigenvalue weighted by atomic mass is 10.0. The molecule has 0 spiro atoms. The van der Waals surface area contributed by atoms with Crippen molar-refractivity contribution >= 4 is 11.6 Å². The summed E-state index contributed by atoms with van der Waals surface area (Å²) in [5.74, 6) is 0.355. The Bertz CT molecular complexity index is 790. The summed E-state index contributed by atoms with van der Waals surface area (Å²) in [6.45, 7) is 0.652. The Morgan fingerprint density at radius 2 is 2.17 bits per heavy atom. The molecule has 1 aliphatic heterocycles. The van der Waals surface area contributed by atoms with Crippen molar-refractivity contribution in [3.63, 3.8) is 0 Å². The van der Waals surface area contributed by atoms with Gasteiger partial charge in [0, 0.05) is 30.7 Å². The fourth-order valence-electron chi connectivity index (χ4n) is 2.58.